The molecule has 31 heavy (non-hydrogen) atoms. The summed E-state index contributed by atoms with van der Waals surface area (Å²) in [5, 5.41) is 0. The van der Waals surface area contributed by atoms with Crippen LogP contribution in [0.4, 0.5) is 0 Å². The third-order valence-electron chi connectivity index (χ3n) is 5.42. The van der Waals surface area contributed by atoms with Crippen LogP contribution in [-0.2, 0) is 0 Å². The summed E-state index contributed by atoms with van der Waals surface area (Å²) in [7, 11) is 0. The van der Waals surface area contributed by atoms with Crippen molar-refractivity contribution in [3.63, 3.8) is 0 Å². The van der Waals surface area contributed by atoms with E-state index in [0.717, 1.165) is 55.0 Å². The summed E-state index contributed by atoms with van der Waals surface area (Å²) in [6, 6.07) is 15.4. The minimum atomic E-state index is 0.159. The van der Waals surface area contributed by atoms with E-state index in [1.165, 1.54) is 38.5 Å². The van der Waals surface area contributed by atoms with Crippen molar-refractivity contribution in [2.45, 2.75) is 72.1 Å². The summed E-state index contributed by atoms with van der Waals surface area (Å²) < 4.78 is 22.9. The average molecular weight is 429 g/mol. The van der Waals surface area contributed by atoms with Gasteiger partial charge in [0.15, 0.2) is 0 Å². The fourth-order valence-corrected chi connectivity index (χ4v) is 3.15. The lowest BCUT2D eigenvalue weighted by Gasteiger charge is -2.11. The van der Waals surface area contributed by atoms with Crippen molar-refractivity contribution >= 4 is 0 Å². The number of unbranched alkanes of at least 4 members (excludes halogenated alkanes) is 4. The first-order chi connectivity index (χ1) is 15.2. The van der Waals surface area contributed by atoms with Gasteiger partial charge in [0.1, 0.15) is 23.0 Å². The monoisotopic (exact) mass is 428 g/mol. The Hall–Kier alpha value is -2.36. The first-order valence-electron chi connectivity index (χ1n) is 11.9. The van der Waals surface area contributed by atoms with Gasteiger partial charge in [0.05, 0.1) is 13.2 Å². The van der Waals surface area contributed by atoms with Gasteiger partial charge in [0, 0.05) is 0 Å². The van der Waals surface area contributed by atoms with E-state index in [4.69, 9.17) is 18.9 Å². The lowest BCUT2D eigenvalue weighted by molar-refractivity contribution is 0.119. The van der Waals surface area contributed by atoms with Gasteiger partial charge >= 0.3 is 0 Å². The molecule has 0 aliphatic heterocycles. The van der Waals surface area contributed by atoms with Gasteiger partial charge in [-0.1, -0.05) is 52.9 Å². The molecule has 0 saturated heterocycles. The van der Waals surface area contributed by atoms with E-state index in [0.29, 0.717) is 0 Å². The Kier molecular flexibility index (Phi) is 12.4. The molecule has 0 amide bonds. The predicted molar refractivity (Wildman–Crippen MR) is 127 cm³/mol. The van der Waals surface area contributed by atoms with Crippen LogP contribution >= 0.6 is 0 Å². The lowest BCUT2D eigenvalue weighted by Crippen LogP contribution is -2.05. The molecule has 0 saturated carbocycles. The van der Waals surface area contributed by atoms with E-state index in [1.807, 2.05) is 48.5 Å². The van der Waals surface area contributed by atoms with Crippen molar-refractivity contribution in [3.8, 4) is 23.0 Å². The summed E-state index contributed by atoms with van der Waals surface area (Å²) in [5.74, 6) is 4.04. The van der Waals surface area contributed by atoms with Gasteiger partial charge in [-0.15, -0.1) is 0 Å². The highest BCUT2D eigenvalue weighted by molar-refractivity contribution is 5.32. The molecule has 2 rings (SSSR count). The number of hydrogen-bond donors (Lipinski definition) is 0. The van der Waals surface area contributed by atoms with Crippen LogP contribution in [0.1, 0.15) is 72.1 Å². The molecule has 4 heteroatoms. The summed E-state index contributed by atoms with van der Waals surface area (Å²) in [5.41, 5.74) is 0. The Labute approximate surface area is 188 Å². The van der Waals surface area contributed by atoms with Crippen molar-refractivity contribution in [2.75, 3.05) is 20.0 Å². The van der Waals surface area contributed by atoms with Gasteiger partial charge in [-0.3, -0.25) is 0 Å². The SMILES string of the molecule is CCCCCCCOc1ccc(OCOc2ccc(OCCCC(C)CC)cc2)cc1. The second kappa shape index (κ2) is 15.4. The maximum absolute atomic E-state index is 5.79. The molecule has 0 N–H and O–H groups in total. The van der Waals surface area contributed by atoms with Gasteiger partial charge in [0.2, 0.25) is 6.79 Å². The lowest BCUT2D eigenvalue weighted by atomic mass is 10.0. The zero-order valence-electron chi connectivity index (χ0n) is 19.6. The van der Waals surface area contributed by atoms with Gasteiger partial charge in [0.25, 0.3) is 0 Å². The molecule has 0 aliphatic rings. The zero-order chi connectivity index (χ0) is 22.2. The Morgan fingerprint density at radius 3 is 1.52 bits per heavy atom. The molecule has 0 heterocycles. The normalized spacial score (nSPS) is 11.7. The van der Waals surface area contributed by atoms with Crippen LogP contribution < -0.4 is 18.9 Å². The molecular formula is C27H40O4. The number of benzene rings is 2. The molecule has 0 aromatic heterocycles. The highest BCUT2D eigenvalue weighted by atomic mass is 16.7. The first kappa shape index (κ1) is 24.9. The Bertz CT molecular complexity index is 681. The highest BCUT2D eigenvalue weighted by Gasteiger charge is 2.01. The molecule has 0 radical (unpaired) electrons. The van der Waals surface area contributed by atoms with Crippen molar-refractivity contribution in [2.24, 2.45) is 5.92 Å². The predicted octanol–water partition coefficient (Wildman–Crippen LogP) is 7.66. The van der Waals surface area contributed by atoms with Gasteiger partial charge in [-0.25, -0.2) is 0 Å². The fourth-order valence-electron chi connectivity index (χ4n) is 3.15. The smallest absolute Gasteiger partial charge is 0.230 e. The van der Waals surface area contributed by atoms with E-state index in [2.05, 4.69) is 20.8 Å². The molecule has 0 spiro atoms. The minimum absolute atomic E-state index is 0.159. The second-order valence-corrected chi connectivity index (χ2v) is 8.12. The van der Waals surface area contributed by atoms with Gasteiger partial charge in [-0.05, 0) is 73.7 Å². The second-order valence-electron chi connectivity index (χ2n) is 8.12. The molecule has 172 valence electrons. The van der Waals surface area contributed by atoms with Crippen molar-refractivity contribution in [3.05, 3.63) is 48.5 Å². The average Bonchev–Trinajstić information content (AvgIpc) is 2.80. The molecule has 0 aliphatic carbocycles. The van der Waals surface area contributed by atoms with Crippen LogP contribution in [0.25, 0.3) is 0 Å². The number of rotatable bonds is 17. The minimum Gasteiger partial charge on any atom is -0.494 e. The fraction of sp³-hybridized carbons (Fsp3) is 0.556. The summed E-state index contributed by atoms with van der Waals surface area (Å²) >= 11 is 0. The molecule has 0 fully saturated rings. The van der Waals surface area contributed by atoms with Crippen LogP contribution in [0.2, 0.25) is 0 Å². The van der Waals surface area contributed by atoms with E-state index in [-0.39, 0.29) is 6.79 Å². The van der Waals surface area contributed by atoms with Crippen LogP contribution in [-0.4, -0.2) is 20.0 Å². The van der Waals surface area contributed by atoms with Crippen LogP contribution in [0.3, 0.4) is 0 Å². The molecule has 2 aromatic carbocycles. The van der Waals surface area contributed by atoms with Crippen LogP contribution in [0.15, 0.2) is 48.5 Å². The number of ether oxygens (including phenoxy) is 4. The van der Waals surface area contributed by atoms with Gasteiger partial charge < -0.3 is 18.9 Å². The molecule has 1 atom stereocenters. The number of hydrogen-bond acceptors (Lipinski definition) is 4. The summed E-state index contributed by atoms with van der Waals surface area (Å²) in [6.07, 6.45) is 9.73. The zero-order valence-corrected chi connectivity index (χ0v) is 19.6. The third kappa shape index (κ3) is 11.0. The van der Waals surface area contributed by atoms with Crippen molar-refractivity contribution in [1.29, 1.82) is 0 Å². The summed E-state index contributed by atoms with van der Waals surface area (Å²) in [4.78, 5) is 0. The maximum atomic E-state index is 5.79. The van der Waals surface area contributed by atoms with Crippen molar-refractivity contribution < 1.29 is 18.9 Å². The van der Waals surface area contributed by atoms with Crippen molar-refractivity contribution in [1.82, 2.24) is 0 Å². The quantitative estimate of drug-likeness (QED) is 0.191. The first-order valence-corrected chi connectivity index (χ1v) is 11.9. The standard InChI is InChI=1S/C27H40O4/c1-4-6-7-8-9-20-28-24-12-16-26(17-13-24)30-22-31-27-18-14-25(15-19-27)29-21-10-11-23(3)5-2/h12-19,23H,4-11,20-22H2,1-3H3. The van der Waals surface area contributed by atoms with E-state index < -0.39 is 0 Å². The Morgan fingerprint density at radius 2 is 1.03 bits per heavy atom. The molecule has 4 nitrogen and oxygen atoms in total. The van der Waals surface area contributed by atoms with E-state index in [1.54, 1.807) is 0 Å². The Morgan fingerprint density at radius 1 is 0.581 bits per heavy atom. The summed E-state index contributed by atoms with van der Waals surface area (Å²) in [6.45, 7) is 8.43. The largest absolute Gasteiger partial charge is 0.494 e. The topological polar surface area (TPSA) is 36.9 Å². The maximum Gasteiger partial charge on any atom is 0.230 e. The van der Waals surface area contributed by atoms with E-state index >= 15 is 0 Å². The third-order valence-corrected chi connectivity index (χ3v) is 5.42. The Balaban J connectivity index is 1.59. The molecule has 0 bridgehead atoms. The van der Waals surface area contributed by atoms with Crippen LogP contribution in [0.5, 0.6) is 23.0 Å². The molecular weight excluding hydrogens is 388 g/mol. The van der Waals surface area contributed by atoms with Crippen LogP contribution in [0, 0.1) is 5.92 Å². The molecule has 2 aromatic rings. The van der Waals surface area contributed by atoms with E-state index in [9.17, 15) is 0 Å². The van der Waals surface area contributed by atoms with Gasteiger partial charge in [-0.2, -0.15) is 0 Å². The highest BCUT2D eigenvalue weighted by Crippen LogP contribution is 2.20. The molecule has 1 unspecified atom stereocenters.